The number of ether oxygens (including phenoxy) is 1. The van der Waals surface area contributed by atoms with E-state index in [1.165, 1.54) is 33.2 Å². The third-order valence-electron chi connectivity index (χ3n) is 7.74. The molecule has 1 aromatic heterocycles. The molecule has 1 atom stereocenters. The van der Waals surface area contributed by atoms with E-state index in [1.807, 2.05) is 12.1 Å². The first-order chi connectivity index (χ1) is 18.1. The van der Waals surface area contributed by atoms with Crippen LogP contribution in [-0.4, -0.2) is 60.1 Å². The summed E-state index contributed by atoms with van der Waals surface area (Å²) >= 11 is 0. The van der Waals surface area contributed by atoms with Crippen molar-refractivity contribution in [2.45, 2.75) is 32.7 Å². The van der Waals surface area contributed by atoms with Crippen LogP contribution >= 0.6 is 0 Å². The largest absolute Gasteiger partial charge is 0.497 e. The highest BCUT2D eigenvalue weighted by Gasteiger charge is 2.27. The number of hydrogen-bond acceptors (Lipinski definition) is 3. The summed E-state index contributed by atoms with van der Waals surface area (Å²) in [6.07, 6.45) is 2.74. The average molecular weight is 496 g/mol. The molecule has 1 fully saturated rings. The summed E-state index contributed by atoms with van der Waals surface area (Å²) < 4.78 is 7.65. The first kappa shape index (κ1) is 25.1. The summed E-state index contributed by atoms with van der Waals surface area (Å²) in [6.45, 7) is 9.64. The van der Waals surface area contributed by atoms with Crippen LogP contribution in [0.3, 0.4) is 0 Å². The number of nitrogens with zero attached hydrogens (tertiary/aromatic N) is 3. The van der Waals surface area contributed by atoms with Gasteiger partial charge in [0.15, 0.2) is 0 Å². The second-order valence-electron chi connectivity index (χ2n) is 10.1. The fraction of sp³-hybridized carbons (Fsp3) is 0.344. The minimum atomic E-state index is -0.000628. The van der Waals surface area contributed by atoms with Gasteiger partial charge in [-0.15, -0.1) is 0 Å². The number of aromatic nitrogens is 1. The van der Waals surface area contributed by atoms with Crippen LogP contribution in [0.15, 0.2) is 79.0 Å². The Morgan fingerprint density at radius 3 is 2.30 bits per heavy atom. The Bertz CT molecular complexity index is 1330. The number of aryl methyl sites for hydroxylation is 1. The number of rotatable bonds is 8. The number of amides is 1. The second-order valence-corrected chi connectivity index (χ2v) is 10.1. The lowest BCUT2D eigenvalue weighted by atomic mass is 9.87. The molecule has 192 valence electrons. The molecule has 0 unspecified atom stereocenters. The van der Waals surface area contributed by atoms with E-state index >= 15 is 0 Å². The van der Waals surface area contributed by atoms with Gasteiger partial charge >= 0.3 is 0 Å². The molecule has 4 aromatic rings. The number of fused-ring (bicyclic) bond motifs is 1. The summed E-state index contributed by atoms with van der Waals surface area (Å²) in [5.74, 6) is 1.10. The first-order valence-corrected chi connectivity index (χ1v) is 13.3. The Morgan fingerprint density at radius 2 is 1.62 bits per heavy atom. The molecule has 0 spiro atoms. The number of carbonyl (C=O) groups is 1. The third-order valence-corrected chi connectivity index (χ3v) is 7.74. The molecule has 2 heterocycles. The van der Waals surface area contributed by atoms with E-state index in [0.29, 0.717) is 6.42 Å². The topological polar surface area (TPSA) is 37.7 Å². The normalized spacial score (nSPS) is 15.2. The van der Waals surface area contributed by atoms with Crippen LogP contribution < -0.4 is 4.74 Å². The monoisotopic (exact) mass is 495 g/mol. The van der Waals surface area contributed by atoms with Gasteiger partial charge < -0.3 is 19.1 Å². The van der Waals surface area contributed by atoms with Gasteiger partial charge in [-0.25, -0.2) is 0 Å². The predicted octanol–water partition coefficient (Wildman–Crippen LogP) is 5.69. The fourth-order valence-corrected chi connectivity index (χ4v) is 5.43. The Hall–Kier alpha value is -3.57. The summed E-state index contributed by atoms with van der Waals surface area (Å²) in [5, 5.41) is 1.21. The molecular formula is C32H37N3O2. The van der Waals surface area contributed by atoms with E-state index in [9.17, 15) is 4.79 Å². The number of likely N-dealkylation sites (N-methyl/N-ethyl adjacent to an activating group) is 1. The van der Waals surface area contributed by atoms with Crippen LogP contribution in [0.25, 0.3) is 10.9 Å². The van der Waals surface area contributed by atoms with E-state index in [-0.39, 0.29) is 11.8 Å². The lowest BCUT2D eigenvalue weighted by Gasteiger charge is -2.35. The summed E-state index contributed by atoms with van der Waals surface area (Å²) in [4.78, 5) is 18.1. The molecule has 1 amide bonds. The Morgan fingerprint density at radius 1 is 0.919 bits per heavy atom. The summed E-state index contributed by atoms with van der Waals surface area (Å²) in [6, 6.07) is 25.5. The fourth-order valence-electron chi connectivity index (χ4n) is 5.43. The van der Waals surface area contributed by atoms with Crippen LogP contribution in [0.5, 0.6) is 5.75 Å². The minimum Gasteiger partial charge on any atom is -0.497 e. The van der Waals surface area contributed by atoms with Gasteiger partial charge in [-0.05, 0) is 48.4 Å². The molecule has 1 aliphatic rings. The molecule has 5 nitrogen and oxygen atoms in total. The highest BCUT2D eigenvalue weighted by atomic mass is 16.5. The average Bonchev–Trinajstić information content (AvgIpc) is 3.30. The van der Waals surface area contributed by atoms with Crippen molar-refractivity contribution in [2.24, 2.45) is 0 Å². The Labute approximate surface area is 220 Å². The maximum Gasteiger partial charge on any atom is 0.223 e. The molecule has 5 heteroatoms. The van der Waals surface area contributed by atoms with Crippen LogP contribution in [0.1, 0.15) is 41.5 Å². The van der Waals surface area contributed by atoms with Crippen molar-refractivity contribution in [3.05, 3.63) is 101 Å². The maximum atomic E-state index is 13.6. The van der Waals surface area contributed by atoms with E-state index in [2.05, 4.69) is 95.1 Å². The summed E-state index contributed by atoms with van der Waals surface area (Å²) in [7, 11) is 1.69. The molecule has 3 aromatic carbocycles. The molecule has 0 aliphatic carbocycles. The van der Waals surface area contributed by atoms with Gasteiger partial charge in [0.05, 0.1) is 7.11 Å². The minimum absolute atomic E-state index is 0.000628. The van der Waals surface area contributed by atoms with Crippen molar-refractivity contribution in [1.82, 2.24) is 14.4 Å². The lowest BCUT2D eigenvalue weighted by molar-refractivity contribution is -0.133. The van der Waals surface area contributed by atoms with Crippen LogP contribution in [0, 0.1) is 6.92 Å². The molecule has 0 radical (unpaired) electrons. The van der Waals surface area contributed by atoms with E-state index in [4.69, 9.17) is 4.74 Å². The zero-order valence-electron chi connectivity index (χ0n) is 22.2. The molecule has 1 aliphatic heterocycles. The van der Waals surface area contributed by atoms with Crippen molar-refractivity contribution < 1.29 is 9.53 Å². The molecule has 0 bridgehead atoms. The van der Waals surface area contributed by atoms with Crippen LogP contribution in [0.4, 0.5) is 0 Å². The van der Waals surface area contributed by atoms with E-state index in [0.717, 1.165) is 45.0 Å². The SMILES string of the molecule is CCN1CCN(C(=O)C[C@@H](c2ccc(C)cc2)c2cn(Cc3ccc(OC)cc3)c3ccccc23)CC1. The lowest BCUT2D eigenvalue weighted by Crippen LogP contribution is -2.48. The number of piperazine rings is 1. The van der Waals surface area contributed by atoms with Crippen molar-refractivity contribution in [3.63, 3.8) is 0 Å². The van der Waals surface area contributed by atoms with Gasteiger partial charge in [-0.2, -0.15) is 0 Å². The predicted molar refractivity (Wildman–Crippen MR) is 150 cm³/mol. The van der Waals surface area contributed by atoms with Gasteiger partial charge in [-0.1, -0.05) is 67.1 Å². The molecule has 1 saturated heterocycles. The highest BCUT2D eigenvalue weighted by molar-refractivity contribution is 5.87. The van der Waals surface area contributed by atoms with Crippen LogP contribution in [-0.2, 0) is 11.3 Å². The van der Waals surface area contributed by atoms with Crippen molar-refractivity contribution in [1.29, 1.82) is 0 Å². The second kappa shape index (κ2) is 11.2. The smallest absolute Gasteiger partial charge is 0.223 e. The Kier molecular flexibility index (Phi) is 7.61. The maximum absolute atomic E-state index is 13.6. The zero-order chi connectivity index (χ0) is 25.8. The molecule has 0 saturated carbocycles. The van der Waals surface area contributed by atoms with E-state index < -0.39 is 0 Å². The van der Waals surface area contributed by atoms with Gasteiger partial charge in [0.2, 0.25) is 5.91 Å². The van der Waals surface area contributed by atoms with Crippen molar-refractivity contribution in [2.75, 3.05) is 39.8 Å². The van der Waals surface area contributed by atoms with Crippen molar-refractivity contribution in [3.8, 4) is 5.75 Å². The summed E-state index contributed by atoms with van der Waals surface area (Å²) in [5.41, 5.74) is 6.04. The van der Waals surface area contributed by atoms with E-state index in [1.54, 1.807) is 7.11 Å². The number of hydrogen-bond donors (Lipinski definition) is 0. The third kappa shape index (κ3) is 5.57. The molecule has 0 N–H and O–H groups in total. The quantitative estimate of drug-likeness (QED) is 0.315. The molecular weight excluding hydrogens is 458 g/mol. The number of benzene rings is 3. The molecule has 37 heavy (non-hydrogen) atoms. The zero-order valence-corrected chi connectivity index (χ0v) is 22.2. The first-order valence-electron chi connectivity index (χ1n) is 13.3. The number of para-hydroxylation sites is 1. The van der Waals surface area contributed by atoms with Gasteiger partial charge in [0.1, 0.15) is 5.75 Å². The van der Waals surface area contributed by atoms with Gasteiger partial charge in [0.25, 0.3) is 0 Å². The highest BCUT2D eigenvalue weighted by Crippen LogP contribution is 2.36. The molecule has 5 rings (SSSR count). The van der Waals surface area contributed by atoms with Crippen LogP contribution in [0.2, 0.25) is 0 Å². The number of carbonyl (C=O) groups excluding carboxylic acids is 1. The number of methoxy groups -OCH3 is 1. The van der Waals surface area contributed by atoms with Gasteiger partial charge in [-0.3, -0.25) is 4.79 Å². The van der Waals surface area contributed by atoms with Crippen molar-refractivity contribution >= 4 is 16.8 Å². The Balaban J connectivity index is 1.49. The van der Waals surface area contributed by atoms with Gasteiger partial charge in [0, 0.05) is 62.2 Å². The standard InChI is InChI=1S/C32H37N3O2/c1-4-33-17-19-34(20-18-33)32(36)21-29(26-13-9-24(2)10-14-26)30-23-35(31-8-6-5-7-28(30)31)22-25-11-15-27(37-3)16-12-25/h5-16,23,29H,4,17-22H2,1-3H3/t29-/m0/s1.